The van der Waals surface area contributed by atoms with Crippen molar-refractivity contribution in [3.8, 4) is 5.75 Å². The van der Waals surface area contributed by atoms with Crippen molar-refractivity contribution in [3.05, 3.63) is 29.8 Å². The maximum absolute atomic E-state index is 6.25. The number of hydrogen-bond acceptors (Lipinski definition) is 2. The molecule has 0 spiro atoms. The summed E-state index contributed by atoms with van der Waals surface area (Å²) in [5.41, 5.74) is 7.36. The zero-order chi connectivity index (χ0) is 11.6. The first-order chi connectivity index (χ1) is 7.71. The van der Waals surface area contributed by atoms with Gasteiger partial charge < -0.3 is 10.5 Å². The van der Waals surface area contributed by atoms with Gasteiger partial charge in [0, 0.05) is 18.0 Å². The number of ether oxygens (including phenoxy) is 1. The number of nitrogens with two attached hydrogens (primary N) is 1. The second kappa shape index (κ2) is 4.46. The van der Waals surface area contributed by atoms with Crippen LogP contribution in [0, 0.1) is 0 Å². The molecule has 0 saturated carbocycles. The lowest BCUT2D eigenvalue weighted by Gasteiger charge is -2.41. The van der Waals surface area contributed by atoms with E-state index < -0.39 is 0 Å². The monoisotopic (exact) mass is 219 g/mol. The molecule has 2 unspecified atom stereocenters. The summed E-state index contributed by atoms with van der Waals surface area (Å²) in [4.78, 5) is 0. The number of benzene rings is 1. The molecule has 2 atom stereocenters. The van der Waals surface area contributed by atoms with Crippen molar-refractivity contribution in [2.75, 3.05) is 0 Å². The normalized spacial score (nSPS) is 28.3. The zero-order valence-electron chi connectivity index (χ0n) is 10.2. The average Bonchev–Trinajstić information content (AvgIpc) is 2.29. The van der Waals surface area contributed by atoms with E-state index in [1.165, 1.54) is 0 Å². The van der Waals surface area contributed by atoms with E-state index in [1.807, 2.05) is 18.2 Å². The zero-order valence-corrected chi connectivity index (χ0v) is 10.2. The van der Waals surface area contributed by atoms with E-state index in [2.05, 4.69) is 19.9 Å². The van der Waals surface area contributed by atoms with E-state index in [9.17, 15) is 0 Å². The van der Waals surface area contributed by atoms with E-state index in [4.69, 9.17) is 10.5 Å². The molecule has 2 heteroatoms. The molecule has 1 heterocycles. The Morgan fingerprint density at radius 3 is 2.81 bits per heavy atom. The van der Waals surface area contributed by atoms with Gasteiger partial charge in [-0.1, -0.05) is 38.5 Å². The van der Waals surface area contributed by atoms with Gasteiger partial charge in [0.25, 0.3) is 0 Å². The average molecular weight is 219 g/mol. The molecule has 0 aliphatic carbocycles. The molecule has 1 aliphatic heterocycles. The predicted octanol–water partition coefficient (Wildman–Crippen LogP) is 3.42. The minimum atomic E-state index is -0.0392. The highest BCUT2D eigenvalue weighted by molar-refractivity contribution is 5.38. The van der Waals surface area contributed by atoms with Crippen LogP contribution < -0.4 is 10.5 Å². The van der Waals surface area contributed by atoms with Gasteiger partial charge >= 0.3 is 0 Å². The highest BCUT2D eigenvalue weighted by Crippen LogP contribution is 2.41. The standard InChI is InChI=1S/C14H21NO/c1-3-9-14(4-2)10-12(15)11-7-5-6-8-13(11)16-14/h5-8,12H,3-4,9-10,15H2,1-2H3. The number of fused-ring (bicyclic) bond motifs is 1. The second-order valence-electron chi connectivity index (χ2n) is 4.74. The highest BCUT2D eigenvalue weighted by atomic mass is 16.5. The van der Waals surface area contributed by atoms with E-state index in [-0.39, 0.29) is 11.6 Å². The third kappa shape index (κ3) is 1.94. The molecule has 0 aromatic heterocycles. The molecule has 2 rings (SSSR count). The molecule has 16 heavy (non-hydrogen) atoms. The molecule has 1 aromatic rings. The van der Waals surface area contributed by atoms with Crippen LogP contribution >= 0.6 is 0 Å². The minimum absolute atomic E-state index is 0.0392. The van der Waals surface area contributed by atoms with Crippen LogP contribution in [0.4, 0.5) is 0 Å². The van der Waals surface area contributed by atoms with Gasteiger partial charge in [-0.2, -0.15) is 0 Å². The number of para-hydroxylation sites is 1. The largest absolute Gasteiger partial charge is 0.487 e. The molecule has 0 radical (unpaired) electrons. The van der Waals surface area contributed by atoms with Crippen LogP contribution in [0.25, 0.3) is 0 Å². The van der Waals surface area contributed by atoms with Gasteiger partial charge in [-0.15, -0.1) is 0 Å². The van der Waals surface area contributed by atoms with Crippen molar-refractivity contribution < 1.29 is 4.74 Å². The van der Waals surface area contributed by atoms with E-state index in [0.717, 1.165) is 37.0 Å². The lowest BCUT2D eigenvalue weighted by atomic mass is 9.83. The fourth-order valence-corrected chi connectivity index (χ4v) is 2.67. The van der Waals surface area contributed by atoms with Crippen LogP contribution in [0.15, 0.2) is 24.3 Å². The first-order valence-electron chi connectivity index (χ1n) is 6.24. The van der Waals surface area contributed by atoms with Crippen LogP contribution in [0.3, 0.4) is 0 Å². The Labute approximate surface area is 97.8 Å². The van der Waals surface area contributed by atoms with Gasteiger partial charge in [0.15, 0.2) is 0 Å². The highest BCUT2D eigenvalue weighted by Gasteiger charge is 2.37. The molecule has 1 aliphatic rings. The smallest absolute Gasteiger partial charge is 0.124 e. The molecule has 88 valence electrons. The van der Waals surface area contributed by atoms with Gasteiger partial charge in [-0.3, -0.25) is 0 Å². The minimum Gasteiger partial charge on any atom is -0.487 e. The molecule has 2 nitrogen and oxygen atoms in total. The first kappa shape index (κ1) is 11.5. The summed E-state index contributed by atoms with van der Waals surface area (Å²) in [5, 5.41) is 0. The van der Waals surface area contributed by atoms with Gasteiger partial charge in [0.2, 0.25) is 0 Å². The summed E-state index contributed by atoms with van der Waals surface area (Å²) in [6.45, 7) is 4.39. The van der Waals surface area contributed by atoms with Crippen LogP contribution in [0.5, 0.6) is 5.75 Å². The van der Waals surface area contributed by atoms with Crippen molar-refractivity contribution >= 4 is 0 Å². The summed E-state index contributed by atoms with van der Waals surface area (Å²) in [5.74, 6) is 0.983. The summed E-state index contributed by atoms with van der Waals surface area (Å²) >= 11 is 0. The summed E-state index contributed by atoms with van der Waals surface area (Å²) < 4.78 is 6.20. The Hall–Kier alpha value is -1.02. The topological polar surface area (TPSA) is 35.2 Å². The Kier molecular flexibility index (Phi) is 3.20. The Morgan fingerprint density at radius 2 is 2.12 bits per heavy atom. The summed E-state index contributed by atoms with van der Waals surface area (Å²) in [6, 6.07) is 8.28. The van der Waals surface area contributed by atoms with Gasteiger partial charge in [-0.25, -0.2) is 0 Å². The number of rotatable bonds is 3. The van der Waals surface area contributed by atoms with Gasteiger partial charge in [-0.05, 0) is 18.9 Å². The fraction of sp³-hybridized carbons (Fsp3) is 0.571. The van der Waals surface area contributed by atoms with Crippen molar-refractivity contribution in [1.82, 2.24) is 0 Å². The SMILES string of the molecule is CCCC1(CC)CC(N)c2ccccc2O1. The summed E-state index contributed by atoms with van der Waals surface area (Å²) in [7, 11) is 0. The van der Waals surface area contributed by atoms with Crippen LogP contribution in [0.2, 0.25) is 0 Å². The third-order valence-corrected chi connectivity index (χ3v) is 3.59. The molecular weight excluding hydrogens is 198 g/mol. The first-order valence-corrected chi connectivity index (χ1v) is 6.24. The van der Waals surface area contributed by atoms with Crippen molar-refractivity contribution in [2.24, 2.45) is 5.73 Å². The van der Waals surface area contributed by atoms with Crippen molar-refractivity contribution in [3.63, 3.8) is 0 Å². The Balaban J connectivity index is 2.32. The van der Waals surface area contributed by atoms with Crippen LogP contribution in [-0.2, 0) is 0 Å². The maximum Gasteiger partial charge on any atom is 0.124 e. The summed E-state index contributed by atoms with van der Waals surface area (Å²) in [6.07, 6.45) is 4.20. The maximum atomic E-state index is 6.25. The molecule has 0 bridgehead atoms. The quantitative estimate of drug-likeness (QED) is 0.845. The van der Waals surface area contributed by atoms with E-state index in [1.54, 1.807) is 0 Å². The molecule has 0 fully saturated rings. The Bertz CT molecular complexity index is 364. The van der Waals surface area contributed by atoms with E-state index in [0.29, 0.717) is 0 Å². The molecule has 2 N–H and O–H groups in total. The van der Waals surface area contributed by atoms with Gasteiger partial charge in [0.1, 0.15) is 11.4 Å². The number of hydrogen-bond donors (Lipinski definition) is 1. The molecular formula is C14H21NO. The fourth-order valence-electron chi connectivity index (χ4n) is 2.67. The second-order valence-corrected chi connectivity index (χ2v) is 4.74. The van der Waals surface area contributed by atoms with Crippen LogP contribution in [-0.4, -0.2) is 5.60 Å². The predicted molar refractivity (Wildman–Crippen MR) is 66.5 cm³/mol. The lowest BCUT2D eigenvalue weighted by Crippen LogP contribution is -2.42. The molecule has 1 aromatic carbocycles. The van der Waals surface area contributed by atoms with Crippen LogP contribution in [0.1, 0.15) is 51.1 Å². The van der Waals surface area contributed by atoms with Gasteiger partial charge in [0.05, 0.1) is 0 Å². The Morgan fingerprint density at radius 1 is 1.38 bits per heavy atom. The van der Waals surface area contributed by atoms with E-state index >= 15 is 0 Å². The lowest BCUT2D eigenvalue weighted by molar-refractivity contribution is 0.0230. The third-order valence-electron chi connectivity index (χ3n) is 3.59. The molecule has 0 saturated heterocycles. The van der Waals surface area contributed by atoms with Crippen molar-refractivity contribution in [2.45, 2.75) is 51.2 Å². The molecule has 0 amide bonds. The van der Waals surface area contributed by atoms with Crippen molar-refractivity contribution in [1.29, 1.82) is 0 Å².